The fourth-order valence-electron chi connectivity index (χ4n) is 4.85. The van der Waals surface area contributed by atoms with Crippen LogP contribution in [0.1, 0.15) is 32.1 Å². The van der Waals surface area contributed by atoms with Gasteiger partial charge in [0.1, 0.15) is 0 Å². The first-order valence-corrected chi connectivity index (χ1v) is 10.7. The van der Waals surface area contributed by atoms with Crippen molar-refractivity contribution >= 4 is 11.9 Å². The third-order valence-corrected chi connectivity index (χ3v) is 6.98. The molecule has 1 saturated carbocycles. The Bertz CT molecular complexity index is 549. The van der Waals surface area contributed by atoms with Crippen molar-refractivity contribution in [2.45, 2.75) is 32.1 Å². The first-order valence-electron chi connectivity index (χ1n) is 10.7. The van der Waals surface area contributed by atoms with E-state index in [-0.39, 0.29) is 0 Å². The lowest BCUT2D eigenvalue weighted by Gasteiger charge is -2.38. The molecule has 0 aromatic carbocycles. The number of amides is 1. The molecular weight excluding hydrogens is 342 g/mol. The number of likely N-dealkylation sites (tertiary alicyclic amines) is 1. The van der Waals surface area contributed by atoms with E-state index in [2.05, 4.69) is 25.0 Å². The molecule has 0 aromatic heterocycles. The number of carbonyl (C=O) groups excluding carboxylic acids is 1. The van der Waals surface area contributed by atoms with Crippen LogP contribution in [0.4, 0.5) is 0 Å². The molecular formula is C20H35N5O2. The highest BCUT2D eigenvalue weighted by Crippen LogP contribution is 2.38. The summed E-state index contributed by atoms with van der Waals surface area (Å²) in [5.41, 5.74) is 0.362. The predicted molar refractivity (Wildman–Crippen MR) is 106 cm³/mol. The average Bonchev–Trinajstić information content (AvgIpc) is 3.28. The zero-order valence-electron chi connectivity index (χ0n) is 16.8. The number of rotatable bonds is 4. The second-order valence-electron chi connectivity index (χ2n) is 8.74. The number of nitrogens with one attached hydrogen (secondary N) is 1. The number of ether oxygens (including phenoxy) is 1. The lowest BCUT2D eigenvalue weighted by atomic mass is 9.84. The van der Waals surface area contributed by atoms with E-state index < -0.39 is 0 Å². The molecule has 4 rings (SSSR count). The van der Waals surface area contributed by atoms with E-state index in [0.717, 1.165) is 84.4 Å². The van der Waals surface area contributed by atoms with Crippen LogP contribution in [0.2, 0.25) is 0 Å². The van der Waals surface area contributed by atoms with Crippen molar-refractivity contribution in [3.05, 3.63) is 0 Å². The number of hydrogen-bond acceptors (Lipinski definition) is 4. The molecule has 1 N–H and O–H groups in total. The second kappa shape index (κ2) is 8.35. The molecule has 3 heterocycles. The molecule has 4 fully saturated rings. The molecule has 1 atom stereocenters. The van der Waals surface area contributed by atoms with Gasteiger partial charge in [-0.15, -0.1) is 0 Å². The van der Waals surface area contributed by atoms with E-state index in [9.17, 15) is 4.79 Å². The Morgan fingerprint density at radius 3 is 2.59 bits per heavy atom. The van der Waals surface area contributed by atoms with Crippen molar-refractivity contribution in [3.63, 3.8) is 0 Å². The standard InChI is InChI=1S/C20H35N5O2/c1-21-19(25-8-5-20(15-25)6-14-27-16-20)22-7-9-23-10-12-24(13-11-23)18(26)17-3-2-4-17/h17H,2-16H2,1H3,(H,21,22). The molecule has 152 valence electrons. The van der Waals surface area contributed by atoms with Gasteiger partial charge in [-0.2, -0.15) is 0 Å². The maximum atomic E-state index is 12.3. The Labute approximate surface area is 163 Å². The predicted octanol–water partition coefficient (Wildman–Crippen LogP) is 0.619. The summed E-state index contributed by atoms with van der Waals surface area (Å²) in [5.74, 6) is 1.76. The van der Waals surface area contributed by atoms with Crippen LogP contribution < -0.4 is 5.32 Å². The zero-order chi connectivity index (χ0) is 18.7. The molecule has 3 saturated heterocycles. The van der Waals surface area contributed by atoms with Crippen molar-refractivity contribution in [1.82, 2.24) is 20.0 Å². The van der Waals surface area contributed by atoms with Crippen molar-refractivity contribution < 1.29 is 9.53 Å². The van der Waals surface area contributed by atoms with Gasteiger partial charge in [-0.05, 0) is 25.7 Å². The molecule has 1 spiro atoms. The van der Waals surface area contributed by atoms with Gasteiger partial charge in [0.15, 0.2) is 5.96 Å². The fourth-order valence-corrected chi connectivity index (χ4v) is 4.85. The SMILES string of the molecule is CN=C(NCCN1CCN(C(=O)C2CCC2)CC1)N1CCC2(CCOC2)C1. The van der Waals surface area contributed by atoms with Gasteiger partial charge in [0.2, 0.25) is 5.91 Å². The number of carbonyl (C=O) groups is 1. The topological polar surface area (TPSA) is 60.4 Å². The lowest BCUT2D eigenvalue weighted by molar-refractivity contribution is -0.139. The van der Waals surface area contributed by atoms with E-state index >= 15 is 0 Å². The molecule has 0 aromatic rings. The zero-order valence-corrected chi connectivity index (χ0v) is 16.8. The normalized spacial score (nSPS) is 30.2. The number of piperazine rings is 1. The summed E-state index contributed by atoms with van der Waals surface area (Å²) in [6, 6.07) is 0. The summed E-state index contributed by atoms with van der Waals surface area (Å²) in [5, 5.41) is 3.55. The van der Waals surface area contributed by atoms with Crippen LogP contribution in [0.25, 0.3) is 0 Å². The molecule has 0 bridgehead atoms. The van der Waals surface area contributed by atoms with Gasteiger partial charge in [0.25, 0.3) is 0 Å². The van der Waals surface area contributed by atoms with E-state index in [0.29, 0.717) is 17.2 Å². The van der Waals surface area contributed by atoms with Crippen molar-refractivity contribution in [3.8, 4) is 0 Å². The molecule has 1 unspecified atom stereocenters. The Balaban J connectivity index is 1.16. The highest BCUT2D eigenvalue weighted by atomic mass is 16.5. The van der Waals surface area contributed by atoms with E-state index in [1.54, 1.807) is 0 Å². The van der Waals surface area contributed by atoms with Gasteiger partial charge >= 0.3 is 0 Å². The minimum Gasteiger partial charge on any atom is -0.381 e. The first-order chi connectivity index (χ1) is 13.2. The molecule has 0 radical (unpaired) electrons. The van der Waals surface area contributed by atoms with E-state index in [4.69, 9.17) is 4.74 Å². The maximum absolute atomic E-state index is 12.3. The molecule has 7 heteroatoms. The number of hydrogen-bond donors (Lipinski definition) is 1. The van der Waals surface area contributed by atoms with Crippen LogP contribution in [-0.4, -0.2) is 99.2 Å². The van der Waals surface area contributed by atoms with Gasteiger partial charge in [-0.25, -0.2) is 0 Å². The van der Waals surface area contributed by atoms with Crippen molar-refractivity contribution in [2.24, 2.45) is 16.3 Å². The molecule has 7 nitrogen and oxygen atoms in total. The van der Waals surface area contributed by atoms with Crippen LogP contribution in [0.5, 0.6) is 0 Å². The van der Waals surface area contributed by atoms with Crippen molar-refractivity contribution in [2.75, 3.05) is 72.6 Å². The minimum absolute atomic E-state index is 0.329. The second-order valence-corrected chi connectivity index (χ2v) is 8.74. The Hall–Kier alpha value is -1.34. The lowest BCUT2D eigenvalue weighted by Crippen LogP contribution is -2.52. The smallest absolute Gasteiger partial charge is 0.225 e. The quantitative estimate of drug-likeness (QED) is 0.575. The molecule has 27 heavy (non-hydrogen) atoms. The summed E-state index contributed by atoms with van der Waals surface area (Å²) in [6.45, 7) is 9.62. The number of aliphatic imine (C=N–C) groups is 1. The monoisotopic (exact) mass is 377 g/mol. The van der Waals surface area contributed by atoms with Gasteiger partial charge in [0, 0.05) is 77.3 Å². The molecule has 3 aliphatic heterocycles. The van der Waals surface area contributed by atoms with Crippen LogP contribution in [0.3, 0.4) is 0 Å². The van der Waals surface area contributed by atoms with Crippen LogP contribution in [0.15, 0.2) is 4.99 Å². The molecule has 4 aliphatic rings. The van der Waals surface area contributed by atoms with Gasteiger partial charge in [0.05, 0.1) is 6.61 Å². The fraction of sp³-hybridized carbons (Fsp3) is 0.900. The highest BCUT2D eigenvalue weighted by Gasteiger charge is 2.42. The third kappa shape index (κ3) is 4.24. The Kier molecular flexibility index (Phi) is 5.88. The van der Waals surface area contributed by atoms with Crippen LogP contribution >= 0.6 is 0 Å². The number of guanidine groups is 1. The van der Waals surface area contributed by atoms with Crippen LogP contribution in [0, 0.1) is 11.3 Å². The largest absolute Gasteiger partial charge is 0.381 e. The van der Waals surface area contributed by atoms with Gasteiger partial charge < -0.3 is 19.9 Å². The van der Waals surface area contributed by atoms with Crippen molar-refractivity contribution in [1.29, 1.82) is 0 Å². The van der Waals surface area contributed by atoms with Gasteiger partial charge in [-0.1, -0.05) is 6.42 Å². The summed E-state index contributed by atoms with van der Waals surface area (Å²) >= 11 is 0. The summed E-state index contributed by atoms with van der Waals surface area (Å²) in [7, 11) is 1.88. The van der Waals surface area contributed by atoms with E-state index in [1.807, 2.05) is 7.05 Å². The van der Waals surface area contributed by atoms with Crippen LogP contribution in [-0.2, 0) is 9.53 Å². The summed E-state index contributed by atoms with van der Waals surface area (Å²) < 4.78 is 5.63. The first kappa shape index (κ1) is 19.0. The van der Waals surface area contributed by atoms with Gasteiger partial charge in [-0.3, -0.25) is 14.7 Å². The average molecular weight is 378 g/mol. The maximum Gasteiger partial charge on any atom is 0.225 e. The summed E-state index contributed by atoms with van der Waals surface area (Å²) in [4.78, 5) is 23.8. The van der Waals surface area contributed by atoms with E-state index in [1.165, 1.54) is 19.3 Å². The third-order valence-electron chi connectivity index (χ3n) is 6.98. The highest BCUT2D eigenvalue weighted by molar-refractivity contribution is 5.80. The minimum atomic E-state index is 0.329. The molecule has 1 aliphatic carbocycles. The number of nitrogens with zero attached hydrogens (tertiary/aromatic N) is 4. The summed E-state index contributed by atoms with van der Waals surface area (Å²) in [6.07, 6.45) is 5.83. The Morgan fingerprint density at radius 2 is 1.96 bits per heavy atom. The molecule has 1 amide bonds. The Morgan fingerprint density at radius 1 is 1.15 bits per heavy atom.